The third-order valence-corrected chi connectivity index (χ3v) is 5.46. The fourth-order valence-corrected chi connectivity index (χ4v) is 3.60. The largest absolute Gasteiger partial charge is 0.276 e. The van der Waals surface area contributed by atoms with Crippen LogP contribution >= 0.6 is 15.9 Å². The highest BCUT2D eigenvalue weighted by Crippen LogP contribution is 2.26. The summed E-state index contributed by atoms with van der Waals surface area (Å²) in [7, 11) is -3.58. The average Bonchev–Trinajstić information content (AvgIpc) is 2.38. The van der Waals surface area contributed by atoms with Crippen LogP contribution in [0, 0.1) is 11.8 Å². The predicted octanol–water partition coefficient (Wildman–Crippen LogP) is 3.54. The van der Waals surface area contributed by atoms with E-state index in [0.29, 0.717) is 11.8 Å². The van der Waals surface area contributed by atoms with Gasteiger partial charge < -0.3 is 0 Å². The van der Waals surface area contributed by atoms with Gasteiger partial charge in [0.15, 0.2) is 0 Å². The average molecular weight is 359 g/mol. The highest BCUT2D eigenvalue weighted by Gasteiger charge is 2.24. The van der Waals surface area contributed by atoms with Gasteiger partial charge in [-0.05, 0) is 48.9 Å². The Balaban J connectivity index is 2.18. The van der Waals surface area contributed by atoms with E-state index in [1.54, 1.807) is 24.3 Å². The summed E-state index contributed by atoms with van der Waals surface area (Å²) in [5.41, 5.74) is 0.955. The third-order valence-electron chi connectivity index (χ3n) is 3.70. The van der Waals surface area contributed by atoms with Gasteiger partial charge in [0.05, 0.1) is 4.90 Å². The van der Waals surface area contributed by atoms with Crippen LogP contribution in [-0.2, 0) is 10.0 Å². The van der Waals surface area contributed by atoms with Crippen molar-refractivity contribution in [2.75, 3.05) is 0 Å². The van der Waals surface area contributed by atoms with Crippen LogP contribution in [0.25, 0.3) is 0 Å². The molecule has 6 heteroatoms. The molecule has 0 aliphatic heterocycles. The molecule has 4 nitrogen and oxygen atoms in total. The molecule has 0 unspecified atom stereocenters. The molecule has 2 atom stereocenters. The van der Waals surface area contributed by atoms with Crippen molar-refractivity contribution in [3.05, 3.63) is 28.7 Å². The van der Waals surface area contributed by atoms with E-state index in [9.17, 15) is 8.42 Å². The molecular weight excluding hydrogens is 340 g/mol. The van der Waals surface area contributed by atoms with Crippen LogP contribution in [0.4, 0.5) is 0 Å². The number of hydrogen-bond acceptors (Lipinski definition) is 3. The SMILES string of the molecule is C[C@@H]1CCC[C@@H](C)C1=NNS(=O)(=O)c1ccc(Br)cc1. The highest BCUT2D eigenvalue weighted by molar-refractivity contribution is 9.10. The van der Waals surface area contributed by atoms with Gasteiger partial charge in [-0.1, -0.05) is 36.2 Å². The molecule has 1 fully saturated rings. The highest BCUT2D eigenvalue weighted by atomic mass is 79.9. The molecule has 1 N–H and O–H groups in total. The number of sulfonamides is 1. The van der Waals surface area contributed by atoms with E-state index in [4.69, 9.17) is 0 Å². The lowest BCUT2D eigenvalue weighted by Gasteiger charge is -2.26. The van der Waals surface area contributed by atoms with Crippen LogP contribution in [0.15, 0.2) is 38.7 Å². The van der Waals surface area contributed by atoms with E-state index in [-0.39, 0.29) is 4.90 Å². The van der Waals surface area contributed by atoms with Crippen molar-refractivity contribution in [3.8, 4) is 0 Å². The minimum atomic E-state index is -3.58. The van der Waals surface area contributed by atoms with Crippen LogP contribution in [0.1, 0.15) is 33.1 Å². The zero-order valence-corrected chi connectivity index (χ0v) is 14.0. The fourth-order valence-electron chi connectivity index (χ4n) is 2.51. The van der Waals surface area contributed by atoms with Crippen molar-refractivity contribution >= 4 is 31.7 Å². The molecule has 1 aromatic rings. The molecule has 0 radical (unpaired) electrons. The Bertz CT molecular complexity index is 584. The molecule has 2 rings (SSSR count). The molecular formula is C14H19BrN2O2S. The van der Waals surface area contributed by atoms with Crippen molar-refractivity contribution in [2.45, 2.75) is 38.0 Å². The molecule has 1 saturated carbocycles. The van der Waals surface area contributed by atoms with Gasteiger partial charge in [-0.25, -0.2) is 4.83 Å². The number of nitrogens with one attached hydrogen (secondary N) is 1. The Morgan fingerprint density at radius 1 is 1.15 bits per heavy atom. The topological polar surface area (TPSA) is 58.5 Å². The van der Waals surface area contributed by atoms with Crippen LogP contribution in [-0.4, -0.2) is 14.1 Å². The quantitative estimate of drug-likeness (QED) is 0.840. The third kappa shape index (κ3) is 3.61. The molecule has 1 aliphatic carbocycles. The first-order chi connectivity index (χ1) is 9.40. The van der Waals surface area contributed by atoms with Gasteiger partial charge in [-0.3, -0.25) is 0 Å². The standard InChI is InChI=1S/C14H19BrN2O2S/c1-10-4-3-5-11(2)14(10)16-17-20(18,19)13-8-6-12(15)7-9-13/h6-11,17H,3-5H2,1-2H3/t10-,11-/m1/s1. The number of rotatable bonds is 3. The predicted molar refractivity (Wildman–Crippen MR) is 84.1 cm³/mol. The minimum Gasteiger partial charge on any atom is -0.200 e. The number of benzene rings is 1. The summed E-state index contributed by atoms with van der Waals surface area (Å²) in [4.78, 5) is 2.59. The van der Waals surface area contributed by atoms with Crippen molar-refractivity contribution < 1.29 is 8.42 Å². The lowest BCUT2D eigenvalue weighted by Crippen LogP contribution is -2.29. The molecule has 0 aromatic heterocycles. The summed E-state index contributed by atoms with van der Waals surface area (Å²) in [6.07, 6.45) is 3.33. The first-order valence-corrected chi connectivity index (χ1v) is 9.02. The number of hydrazone groups is 1. The molecule has 0 amide bonds. The second-order valence-corrected chi connectivity index (χ2v) is 7.89. The van der Waals surface area contributed by atoms with Crippen LogP contribution in [0.2, 0.25) is 0 Å². The molecule has 20 heavy (non-hydrogen) atoms. The summed E-state index contributed by atoms with van der Waals surface area (Å²) in [6, 6.07) is 6.52. The maximum atomic E-state index is 12.2. The zero-order chi connectivity index (χ0) is 14.8. The summed E-state index contributed by atoms with van der Waals surface area (Å²) in [6.45, 7) is 4.20. The van der Waals surface area contributed by atoms with Crippen LogP contribution in [0.5, 0.6) is 0 Å². The number of hydrogen-bond donors (Lipinski definition) is 1. The molecule has 0 bridgehead atoms. The first kappa shape index (κ1) is 15.5. The van der Waals surface area contributed by atoms with Gasteiger partial charge >= 0.3 is 0 Å². The van der Waals surface area contributed by atoms with Crippen molar-refractivity contribution in [3.63, 3.8) is 0 Å². The maximum Gasteiger partial charge on any atom is 0.276 e. The van der Waals surface area contributed by atoms with Gasteiger partial charge in [-0.15, -0.1) is 0 Å². The fraction of sp³-hybridized carbons (Fsp3) is 0.500. The number of halogens is 1. The van der Waals surface area contributed by atoms with Gasteiger partial charge in [0.2, 0.25) is 0 Å². The molecule has 0 saturated heterocycles. The second-order valence-electron chi connectivity index (χ2n) is 5.32. The van der Waals surface area contributed by atoms with Gasteiger partial charge in [-0.2, -0.15) is 13.5 Å². The molecule has 0 heterocycles. The van der Waals surface area contributed by atoms with Crippen LogP contribution in [0.3, 0.4) is 0 Å². The summed E-state index contributed by atoms with van der Waals surface area (Å²) in [5.74, 6) is 0.678. The first-order valence-electron chi connectivity index (χ1n) is 6.75. The lowest BCUT2D eigenvalue weighted by molar-refractivity contribution is 0.483. The molecule has 1 aliphatic rings. The summed E-state index contributed by atoms with van der Waals surface area (Å²) < 4.78 is 25.2. The van der Waals surface area contributed by atoms with Gasteiger partial charge in [0.1, 0.15) is 0 Å². The minimum absolute atomic E-state index is 0.223. The van der Waals surface area contributed by atoms with E-state index in [1.807, 2.05) is 0 Å². The Morgan fingerprint density at radius 2 is 1.70 bits per heavy atom. The summed E-state index contributed by atoms with van der Waals surface area (Å²) >= 11 is 3.29. The summed E-state index contributed by atoms with van der Waals surface area (Å²) in [5, 5.41) is 4.18. The van der Waals surface area contributed by atoms with Gasteiger partial charge in [0, 0.05) is 10.2 Å². The molecule has 110 valence electrons. The monoisotopic (exact) mass is 358 g/mol. The van der Waals surface area contributed by atoms with Crippen molar-refractivity contribution in [1.82, 2.24) is 4.83 Å². The van der Waals surface area contributed by atoms with E-state index >= 15 is 0 Å². The van der Waals surface area contributed by atoms with Gasteiger partial charge in [0.25, 0.3) is 10.0 Å². The Labute approximate surface area is 128 Å². The maximum absolute atomic E-state index is 12.2. The molecule has 1 aromatic carbocycles. The molecule has 0 spiro atoms. The smallest absolute Gasteiger partial charge is 0.200 e. The van der Waals surface area contributed by atoms with E-state index < -0.39 is 10.0 Å². The van der Waals surface area contributed by atoms with E-state index in [1.165, 1.54) is 6.42 Å². The van der Waals surface area contributed by atoms with E-state index in [2.05, 4.69) is 39.7 Å². The lowest BCUT2D eigenvalue weighted by atomic mass is 9.81. The van der Waals surface area contributed by atoms with Crippen molar-refractivity contribution in [2.24, 2.45) is 16.9 Å². The Hall–Kier alpha value is -0.880. The number of nitrogens with zero attached hydrogens (tertiary/aromatic N) is 1. The second kappa shape index (κ2) is 6.26. The van der Waals surface area contributed by atoms with Crippen LogP contribution < -0.4 is 4.83 Å². The van der Waals surface area contributed by atoms with Crippen molar-refractivity contribution in [1.29, 1.82) is 0 Å². The normalized spacial score (nSPS) is 23.4. The Morgan fingerprint density at radius 3 is 2.25 bits per heavy atom. The van der Waals surface area contributed by atoms with E-state index in [0.717, 1.165) is 23.0 Å². The Kier molecular flexibility index (Phi) is 4.86. The zero-order valence-electron chi connectivity index (χ0n) is 11.6.